The van der Waals surface area contributed by atoms with Crippen LogP contribution in [0.2, 0.25) is 0 Å². The Kier molecular flexibility index (Phi) is 2.59. The molecule has 1 aromatic carbocycles. The minimum atomic E-state index is 0.729. The average Bonchev–Trinajstić information content (AvgIpc) is 2.58. The minimum Gasteiger partial charge on any atom is -0.367 e. The van der Waals surface area contributed by atoms with Crippen molar-refractivity contribution in [1.29, 1.82) is 0 Å². The summed E-state index contributed by atoms with van der Waals surface area (Å²) in [5, 5.41) is 3.59. The first-order valence-corrected chi connectivity index (χ1v) is 8.08. The fourth-order valence-electron chi connectivity index (χ4n) is 3.94. The summed E-state index contributed by atoms with van der Waals surface area (Å²) in [4.78, 5) is 4.27. The maximum absolute atomic E-state index is 3.59. The highest BCUT2D eigenvalue weighted by molar-refractivity contribution is 7.99. The van der Waals surface area contributed by atoms with Crippen molar-refractivity contribution in [1.82, 2.24) is 5.32 Å². The van der Waals surface area contributed by atoms with Gasteiger partial charge in [0.15, 0.2) is 0 Å². The van der Waals surface area contributed by atoms with Gasteiger partial charge >= 0.3 is 0 Å². The Morgan fingerprint density at radius 1 is 1.39 bits per heavy atom. The van der Waals surface area contributed by atoms with E-state index in [2.05, 4.69) is 41.0 Å². The van der Waals surface area contributed by atoms with Crippen molar-refractivity contribution in [2.45, 2.75) is 36.6 Å². The van der Waals surface area contributed by atoms with Crippen molar-refractivity contribution in [3.63, 3.8) is 0 Å². The summed E-state index contributed by atoms with van der Waals surface area (Å²) < 4.78 is 0. The number of hydrogen-bond donors (Lipinski definition) is 1. The van der Waals surface area contributed by atoms with Gasteiger partial charge in [-0.15, -0.1) is 11.8 Å². The smallest absolute Gasteiger partial charge is 0.0546 e. The molecule has 96 valence electrons. The summed E-state index contributed by atoms with van der Waals surface area (Å²) >= 11 is 2.06. The number of aryl methyl sites for hydroxylation is 1. The maximum Gasteiger partial charge on any atom is 0.0546 e. The predicted molar refractivity (Wildman–Crippen MR) is 77.9 cm³/mol. The van der Waals surface area contributed by atoms with E-state index in [1.165, 1.54) is 48.7 Å². The van der Waals surface area contributed by atoms with Crippen LogP contribution in [0, 0.1) is 6.92 Å². The Morgan fingerprint density at radius 3 is 3.28 bits per heavy atom. The molecule has 0 amide bonds. The second kappa shape index (κ2) is 4.17. The molecule has 3 aliphatic rings. The highest BCUT2D eigenvalue weighted by Gasteiger charge is 2.42. The lowest BCUT2D eigenvalue weighted by molar-refractivity contribution is 0.402. The highest BCUT2D eigenvalue weighted by Crippen LogP contribution is 2.50. The fraction of sp³-hybridized carbons (Fsp3) is 0.600. The molecule has 0 radical (unpaired) electrons. The van der Waals surface area contributed by atoms with Crippen LogP contribution >= 0.6 is 11.8 Å². The van der Waals surface area contributed by atoms with Gasteiger partial charge < -0.3 is 10.2 Å². The lowest BCUT2D eigenvalue weighted by Gasteiger charge is -2.33. The van der Waals surface area contributed by atoms with Gasteiger partial charge in [-0.05, 0) is 49.3 Å². The fourth-order valence-corrected chi connectivity index (χ4v) is 4.96. The predicted octanol–water partition coefficient (Wildman–Crippen LogP) is 2.76. The number of nitrogens with one attached hydrogen (secondary N) is 1. The van der Waals surface area contributed by atoms with Gasteiger partial charge in [0.1, 0.15) is 0 Å². The Morgan fingerprint density at radius 2 is 2.33 bits per heavy atom. The third kappa shape index (κ3) is 1.47. The van der Waals surface area contributed by atoms with Gasteiger partial charge in [0, 0.05) is 29.9 Å². The number of rotatable bonds is 0. The number of thioether (sulfide) groups is 1. The van der Waals surface area contributed by atoms with E-state index in [1.54, 1.807) is 11.3 Å². The topological polar surface area (TPSA) is 15.3 Å². The zero-order valence-electron chi connectivity index (χ0n) is 10.9. The summed E-state index contributed by atoms with van der Waals surface area (Å²) in [7, 11) is 0. The number of nitrogens with zero attached hydrogens (tertiary/aromatic N) is 1. The van der Waals surface area contributed by atoms with E-state index in [9.17, 15) is 0 Å². The van der Waals surface area contributed by atoms with Crippen LogP contribution in [0.1, 0.15) is 29.9 Å². The zero-order valence-corrected chi connectivity index (χ0v) is 11.7. The highest BCUT2D eigenvalue weighted by atomic mass is 32.2. The Hall–Kier alpha value is -0.670. The second-order valence-corrected chi connectivity index (χ2v) is 6.84. The summed E-state index contributed by atoms with van der Waals surface area (Å²) in [6, 6.07) is 5.45. The second-order valence-electron chi connectivity index (χ2n) is 5.70. The van der Waals surface area contributed by atoms with E-state index < -0.39 is 0 Å². The van der Waals surface area contributed by atoms with Gasteiger partial charge in [0.2, 0.25) is 0 Å². The lowest BCUT2D eigenvalue weighted by atomic mass is 9.88. The zero-order chi connectivity index (χ0) is 12.1. The summed E-state index contributed by atoms with van der Waals surface area (Å²) in [5.41, 5.74) is 4.74. The maximum atomic E-state index is 3.59. The third-order valence-corrected chi connectivity index (χ3v) is 5.84. The largest absolute Gasteiger partial charge is 0.367 e. The van der Waals surface area contributed by atoms with Crippen LogP contribution in [0.5, 0.6) is 0 Å². The van der Waals surface area contributed by atoms with Crippen molar-refractivity contribution in [2.24, 2.45) is 0 Å². The Labute approximate surface area is 113 Å². The Bertz CT molecular complexity index is 486. The molecular weight excluding hydrogens is 240 g/mol. The molecule has 0 spiro atoms. The van der Waals surface area contributed by atoms with E-state index in [0.29, 0.717) is 0 Å². The first-order chi connectivity index (χ1) is 8.86. The van der Waals surface area contributed by atoms with Gasteiger partial charge in [0.05, 0.1) is 5.69 Å². The van der Waals surface area contributed by atoms with Crippen LogP contribution < -0.4 is 10.2 Å². The van der Waals surface area contributed by atoms with Crippen LogP contribution in [0.3, 0.4) is 0 Å². The van der Waals surface area contributed by atoms with E-state index in [1.807, 2.05) is 0 Å². The monoisotopic (exact) mass is 260 g/mol. The molecule has 1 aromatic rings. The summed E-state index contributed by atoms with van der Waals surface area (Å²) in [6.07, 6.45) is 2.64. The molecule has 0 aromatic heterocycles. The van der Waals surface area contributed by atoms with Crippen molar-refractivity contribution < 1.29 is 0 Å². The standard InChI is InChI=1S/C15H20N2S/c1-10-3-4-13-15-14(10)11-9-16-6-5-12(11)17(15)7-2-8-18-13/h3-4,11-12,16H,2,5-9H2,1H3/t11-,12+/m0/s1. The van der Waals surface area contributed by atoms with Crippen molar-refractivity contribution in [3.8, 4) is 0 Å². The van der Waals surface area contributed by atoms with Gasteiger partial charge in [-0.2, -0.15) is 0 Å². The minimum absolute atomic E-state index is 0.729. The first kappa shape index (κ1) is 11.2. The number of anilines is 1. The van der Waals surface area contributed by atoms with Crippen molar-refractivity contribution in [3.05, 3.63) is 23.3 Å². The first-order valence-electron chi connectivity index (χ1n) is 7.10. The summed E-state index contributed by atoms with van der Waals surface area (Å²) in [5.74, 6) is 2.01. The SMILES string of the molecule is Cc1ccc2c3c1[C@H]1CNCC[C@H]1N3CCCS2. The molecular formula is C15H20N2S. The Balaban J connectivity index is 1.92. The molecule has 18 heavy (non-hydrogen) atoms. The average molecular weight is 260 g/mol. The van der Waals surface area contributed by atoms with Gasteiger partial charge in [-0.25, -0.2) is 0 Å². The van der Waals surface area contributed by atoms with Crippen LogP contribution in [-0.4, -0.2) is 31.4 Å². The molecule has 2 atom stereocenters. The quantitative estimate of drug-likeness (QED) is 0.772. The van der Waals surface area contributed by atoms with E-state index in [-0.39, 0.29) is 0 Å². The lowest BCUT2D eigenvalue weighted by Crippen LogP contribution is -2.44. The van der Waals surface area contributed by atoms with E-state index in [4.69, 9.17) is 0 Å². The summed E-state index contributed by atoms with van der Waals surface area (Å²) in [6.45, 7) is 5.91. The van der Waals surface area contributed by atoms with E-state index >= 15 is 0 Å². The molecule has 1 saturated heterocycles. The van der Waals surface area contributed by atoms with E-state index in [0.717, 1.165) is 12.0 Å². The van der Waals surface area contributed by atoms with Gasteiger partial charge in [-0.1, -0.05) is 6.07 Å². The molecule has 1 fully saturated rings. The number of piperidine rings is 1. The number of benzene rings is 1. The molecule has 2 nitrogen and oxygen atoms in total. The molecule has 0 unspecified atom stereocenters. The number of hydrogen-bond acceptors (Lipinski definition) is 3. The van der Waals surface area contributed by atoms with Crippen LogP contribution in [0.4, 0.5) is 5.69 Å². The molecule has 1 N–H and O–H groups in total. The van der Waals surface area contributed by atoms with Crippen molar-refractivity contribution in [2.75, 3.05) is 30.3 Å². The molecule has 4 rings (SSSR count). The third-order valence-electron chi connectivity index (χ3n) is 4.70. The molecule has 3 heteroatoms. The molecule has 0 bridgehead atoms. The molecule has 3 aliphatic heterocycles. The van der Waals surface area contributed by atoms with Crippen molar-refractivity contribution >= 4 is 17.4 Å². The van der Waals surface area contributed by atoms with Crippen LogP contribution in [0.15, 0.2) is 17.0 Å². The molecule has 0 saturated carbocycles. The molecule has 0 aliphatic carbocycles. The van der Waals surface area contributed by atoms with Gasteiger partial charge in [0.25, 0.3) is 0 Å². The van der Waals surface area contributed by atoms with Gasteiger partial charge in [-0.3, -0.25) is 0 Å². The number of fused-ring (bicyclic) bond motifs is 3. The normalized spacial score (nSPS) is 29.7. The van der Waals surface area contributed by atoms with Crippen LogP contribution in [0.25, 0.3) is 0 Å². The molecule has 3 heterocycles. The van der Waals surface area contributed by atoms with Crippen LogP contribution in [-0.2, 0) is 0 Å².